The molecule has 1 saturated carbocycles. The number of amides is 1. The van der Waals surface area contributed by atoms with E-state index in [4.69, 9.17) is 0 Å². The largest absolute Gasteiger partial charge is 0.396 e. The molecule has 0 aromatic carbocycles. The zero-order valence-corrected chi connectivity index (χ0v) is 12.0. The van der Waals surface area contributed by atoms with Gasteiger partial charge in [0.25, 0.3) is 0 Å². The van der Waals surface area contributed by atoms with Gasteiger partial charge in [0, 0.05) is 30.8 Å². The minimum absolute atomic E-state index is 0.0623. The minimum Gasteiger partial charge on any atom is -0.396 e. The molecule has 1 aliphatic rings. The van der Waals surface area contributed by atoms with E-state index >= 15 is 0 Å². The smallest absolute Gasteiger partial charge is 0.220 e. The van der Waals surface area contributed by atoms with Crippen molar-refractivity contribution in [3.05, 3.63) is 30.1 Å². The second-order valence-electron chi connectivity index (χ2n) is 5.86. The predicted molar refractivity (Wildman–Crippen MR) is 78.2 cm³/mol. The van der Waals surface area contributed by atoms with Crippen molar-refractivity contribution in [3.8, 4) is 0 Å². The van der Waals surface area contributed by atoms with E-state index in [2.05, 4.69) is 10.3 Å². The first kappa shape index (κ1) is 15.0. The highest BCUT2D eigenvalue weighted by Gasteiger charge is 2.31. The second kappa shape index (κ2) is 7.39. The third-order valence-corrected chi connectivity index (χ3v) is 4.27. The van der Waals surface area contributed by atoms with Gasteiger partial charge in [-0.2, -0.15) is 0 Å². The fourth-order valence-corrected chi connectivity index (χ4v) is 2.87. The van der Waals surface area contributed by atoms with E-state index < -0.39 is 0 Å². The van der Waals surface area contributed by atoms with Crippen LogP contribution in [0.1, 0.15) is 44.1 Å². The Morgan fingerprint density at radius 2 is 2.15 bits per heavy atom. The molecule has 1 aromatic heterocycles. The normalized spacial score (nSPS) is 17.6. The Morgan fingerprint density at radius 1 is 1.35 bits per heavy atom. The van der Waals surface area contributed by atoms with Gasteiger partial charge in [0.1, 0.15) is 0 Å². The zero-order valence-electron chi connectivity index (χ0n) is 12.0. The molecule has 1 heterocycles. The maximum Gasteiger partial charge on any atom is 0.220 e. The average molecular weight is 276 g/mol. The van der Waals surface area contributed by atoms with E-state index in [0.29, 0.717) is 19.4 Å². The van der Waals surface area contributed by atoms with E-state index in [-0.39, 0.29) is 17.9 Å². The third kappa shape index (κ3) is 4.30. The molecule has 0 atom stereocenters. The van der Waals surface area contributed by atoms with Gasteiger partial charge in [0.15, 0.2) is 0 Å². The highest BCUT2D eigenvalue weighted by atomic mass is 16.3. The molecule has 0 saturated heterocycles. The van der Waals surface area contributed by atoms with Crippen LogP contribution in [-0.2, 0) is 11.2 Å². The van der Waals surface area contributed by atoms with E-state index in [9.17, 15) is 9.90 Å². The van der Waals surface area contributed by atoms with Crippen LogP contribution in [-0.4, -0.2) is 29.1 Å². The summed E-state index contributed by atoms with van der Waals surface area (Å²) in [5.74, 6) is 0.0623. The van der Waals surface area contributed by atoms with Crippen LogP contribution >= 0.6 is 0 Å². The van der Waals surface area contributed by atoms with Gasteiger partial charge in [-0.05, 0) is 30.9 Å². The average Bonchev–Trinajstić information content (AvgIpc) is 2.53. The monoisotopic (exact) mass is 276 g/mol. The van der Waals surface area contributed by atoms with Crippen molar-refractivity contribution < 1.29 is 9.90 Å². The Bertz CT molecular complexity index is 414. The van der Waals surface area contributed by atoms with Crippen molar-refractivity contribution >= 4 is 5.91 Å². The number of aromatic nitrogens is 1. The summed E-state index contributed by atoms with van der Waals surface area (Å²) in [5.41, 5.74) is 1.000. The van der Waals surface area contributed by atoms with E-state index in [1.165, 1.54) is 6.42 Å². The third-order valence-electron chi connectivity index (χ3n) is 4.27. The Hall–Kier alpha value is -1.42. The van der Waals surface area contributed by atoms with Crippen LogP contribution in [0.2, 0.25) is 0 Å². The quantitative estimate of drug-likeness (QED) is 0.836. The molecular formula is C16H24N2O2. The molecule has 110 valence electrons. The van der Waals surface area contributed by atoms with Crippen LogP contribution in [0.5, 0.6) is 0 Å². The summed E-state index contributed by atoms with van der Waals surface area (Å²) < 4.78 is 0. The van der Waals surface area contributed by atoms with Crippen LogP contribution in [0.3, 0.4) is 0 Å². The number of hydrogen-bond donors (Lipinski definition) is 2. The minimum atomic E-state index is -0.0811. The summed E-state index contributed by atoms with van der Waals surface area (Å²) in [6.07, 6.45) is 10.3. The molecule has 0 aliphatic heterocycles. The number of aliphatic hydroxyl groups excluding tert-OH is 1. The molecule has 2 N–H and O–H groups in total. The molecule has 4 nitrogen and oxygen atoms in total. The highest BCUT2D eigenvalue weighted by molar-refractivity contribution is 5.76. The number of nitrogens with zero attached hydrogens (tertiary/aromatic N) is 1. The second-order valence-corrected chi connectivity index (χ2v) is 5.86. The molecule has 0 unspecified atom stereocenters. The molecule has 2 rings (SSSR count). The van der Waals surface area contributed by atoms with Crippen molar-refractivity contribution in [1.29, 1.82) is 0 Å². The van der Waals surface area contributed by atoms with Crippen molar-refractivity contribution in [2.24, 2.45) is 5.41 Å². The fraction of sp³-hybridized carbons (Fsp3) is 0.625. The van der Waals surface area contributed by atoms with Gasteiger partial charge in [-0.25, -0.2) is 0 Å². The standard InChI is InChI=1S/C16H24N2O2/c19-13-16(8-2-1-3-9-16)12-18-15(20)7-6-14-5-4-10-17-11-14/h4-5,10-11,19H,1-3,6-9,12-13H2,(H,18,20). The van der Waals surface area contributed by atoms with Crippen LogP contribution in [0, 0.1) is 5.41 Å². The lowest BCUT2D eigenvalue weighted by atomic mass is 9.74. The summed E-state index contributed by atoms with van der Waals surface area (Å²) in [7, 11) is 0. The topological polar surface area (TPSA) is 62.2 Å². The number of aliphatic hydroxyl groups is 1. The van der Waals surface area contributed by atoms with Crippen LogP contribution in [0.15, 0.2) is 24.5 Å². The highest BCUT2D eigenvalue weighted by Crippen LogP contribution is 2.35. The Labute approximate surface area is 120 Å². The van der Waals surface area contributed by atoms with Gasteiger partial charge in [0.2, 0.25) is 5.91 Å². The maximum atomic E-state index is 11.9. The first-order valence-corrected chi connectivity index (χ1v) is 7.51. The molecule has 4 heteroatoms. The summed E-state index contributed by atoms with van der Waals surface area (Å²) in [6, 6.07) is 3.87. The summed E-state index contributed by atoms with van der Waals surface area (Å²) in [6.45, 7) is 0.783. The van der Waals surface area contributed by atoms with Crippen molar-refractivity contribution in [3.63, 3.8) is 0 Å². The summed E-state index contributed by atoms with van der Waals surface area (Å²) in [4.78, 5) is 15.9. The summed E-state index contributed by atoms with van der Waals surface area (Å²) in [5, 5.41) is 12.6. The Balaban J connectivity index is 1.74. The number of rotatable bonds is 6. The van der Waals surface area contributed by atoms with E-state index in [1.807, 2.05) is 12.1 Å². The van der Waals surface area contributed by atoms with Gasteiger partial charge < -0.3 is 10.4 Å². The SMILES string of the molecule is O=C(CCc1cccnc1)NCC1(CO)CCCCC1. The molecule has 1 amide bonds. The molecule has 20 heavy (non-hydrogen) atoms. The number of nitrogens with one attached hydrogen (secondary N) is 1. The van der Waals surface area contributed by atoms with Gasteiger partial charge in [-0.15, -0.1) is 0 Å². The van der Waals surface area contributed by atoms with Gasteiger partial charge in [-0.1, -0.05) is 25.3 Å². The molecule has 1 fully saturated rings. The fourth-order valence-electron chi connectivity index (χ4n) is 2.87. The van der Waals surface area contributed by atoms with Crippen LogP contribution in [0.4, 0.5) is 0 Å². The lowest BCUT2D eigenvalue weighted by molar-refractivity contribution is -0.121. The molecule has 1 aliphatic carbocycles. The lowest BCUT2D eigenvalue weighted by Crippen LogP contribution is -2.41. The first-order valence-electron chi connectivity index (χ1n) is 7.51. The maximum absolute atomic E-state index is 11.9. The molecule has 0 radical (unpaired) electrons. The van der Waals surface area contributed by atoms with Crippen LogP contribution < -0.4 is 5.32 Å². The van der Waals surface area contributed by atoms with Crippen molar-refractivity contribution in [1.82, 2.24) is 10.3 Å². The first-order chi connectivity index (χ1) is 9.74. The van der Waals surface area contributed by atoms with E-state index in [1.54, 1.807) is 12.4 Å². The zero-order chi connectivity index (χ0) is 14.3. The van der Waals surface area contributed by atoms with Crippen molar-refractivity contribution in [2.75, 3.05) is 13.2 Å². The van der Waals surface area contributed by atoms with Gasteiger partial charge in [-0.3, -0.25) is 9.78 Å². The number of carbonyl (C=O) groups excluding carboxylic acids is 1. The molecular weight excluding hydrogens is 252 g/mol. The van der Waals surface area contributed by atoms with Gasteiger partial charge >= 0.3 is 0 Å². The molecule has 0 spiro atoms. The summed E-state index contributed by atoms with van der Waals surface area (Å²) >= 11 is 0. The number of hydrogen-bond acceptors (Lipinski definition) is 3. The number of carbonyl (C=O) groups is 1. The predicted octanol–water partition coefficient (Wildman–Crippen LogP) is 2.07. The Kier molecular flexibility index (Phi) is 5.53. The number of pyridine rings is 1. The number of aryl methyl sites for hydroxylation is 1. The molecule has 1 aromatic rings. The molecule has 0 bridgehead atoms. The van der Waals surface area contributed by atoms with Crippen LogP contribution in [0.25, 0.3) is 0 Å². The van der Waals surface area contributed by atoms with E-state index in [0.717, 1.165) is 31.2 Å². The lowest BCUT2D eigenvalue weighted by Gasteiger charge is -2.35. The Morgan fingerprint density at radius 3 is 2.80 bits per heavy atom. The van der Waals surface area contributed by atoms with Crippen molar-refractivity contribution in [2.45, 2.75) is 44.9 Å². The van der Waals surface area contributed by atoms with Gasteiger partial charge in [0.05, 0.1) is 6.61 Å².